The Morgan fingerprint density at radius 2 is 1.92 bits per heavy atom. The number of hydrogen-bond donors (Lipinski definition) is 2. The van der Waals surface area contributed by atoms with Crippen molar-refractivity contribution in [2.45, 2.75) is 13.5 Å². The van der Waals surface area contributed by atoms with Crippen LogP contribution in [0.3, 0.4) is 0 Å². The van der Waals surface area contributed by atoms with Gasteiger partial charge in [-0.15, -0.1) is 0 Å². The fourth-order valence-electron chi connectivity index (χ4n) is 2.19. The number of carbonyl (C=O) groups is 1. The number of nitrogens with one attached hydrogen (secondary N) is 2. The highest BCUT2D eigenvalue weighted by molar-refractivity contribution is 6.30. The van der Waals surface area contributed by atoms with Gasteiger partial charge < -0.3 is 20.1 Å². The molecule has 2 amide bonds. The Balaban J connectivity index is 1.70. The van der Waals surface area contributed by atoms with Gasteiger partial charge in [0.1, 0.15) is 18.1 Å². The van der Waals surface area contributed by atoms with E-state index < -0.39 is 0 Å². The van der Waals surface area contributed by atoms with E-state index in [2.05, 4.69) is 10.6 Å². The van der Waals surface area contributed by atoms with Gasteiger partial charge in [0.05, 0.1) is 13.7 Å². The highest BCUT2D eigenvalue weighted by Gasteiger charge is 2.05. The number of benzene rings is 2. The minimum atomic E-state index is -0.252. The highest BCUT2D eigenvalue weighted by Crippen LogP contribution is 2.21. The molecule has 0 atom stereocenters. The molecule has 5 nitrogen and oxygen atoms in total. The van der Waals surface area contributed by atoms with E-state index >= 15 is 0 Å². The quantitative estimate of drug-likeness (QED) is 0.752. The molecule has 0 fully saturated rings. The monoisotopic (exact) mass is 348 g/mol. The molecule has 0 aliphatic rings. The highest BCUT2D eigenvalue weighted by atomic mass is 35.5. The maximum Gasteiger partial charge on any atom is 0.315 e. The summed E-state index contributed by atoms with van der Waals surface area (Å²) >= 11 is 5.90. The average Bonchev–Trinajstić information content (AvgIpc) is 2.58. The molecular formula is C18H21ClN2O3. The van der Waals surface area contributed by atoms with Gasteiger partial charge >= 0.3 is 6.03 Å². The van der Waals surface area contributed by atoms with Crippen LogP contribution in [0.1, 0.15) is 11.1 Å². The minimum Gasteiger partial charge on any atom is -0.496 e. The molecule has 2 rings (SSSR count). The van der Waals surface area contributed by atoms with Crippen molar-refractivity contribution < 1.29 is 14.3 Å². The first-order valence-corrected chi connectivity index (χ1v) is 8.00. The lowest BCUT2D eigenvalue weighted by Crippen LogP contribution is -2.37. The summed E-state index contributed by atoms with van der Waals surface area (Å²) in [5, 5.41) is 6.21. The Labute approximate surface area is 146 Å². The van der Waals surface area contributed by atoms with Crippen molar-refractivity contribution in [2.24, 2.45) is 0 Å². The molecule has 0 aliphatic carbocycles. The first-order chi connectivity index (χ1) is 11.6. The Morgan fingerprint density at radius 3 is 2.67 bits per heavy atom. The van der Waals surface area contributed by atoms with Gasteiger partial charge in [0.2, 0.25) is 0 Å². The molecule has 2 aromatic carbocycles. The first kappa shape index (κ1) is 17.9. The summed E-state index contributed by atoms with van der Waals surface area (Å²) in [6.45, 7) is 3.10. The Hall–Kier alpha value is -2.40. The zero-order valence-corrected chi connectivity index (χ0v) is 14.5. The molecule has 0 saturated carbocycles. The molecule has 0 aliphatic heterocycles. The van der Waals surface area contributed by atoms with E-state index in [0.717, 1.165) is 22.6 Å². The van der Waals surface area contributed by atoms with E-state index in [0.29, 0.717) is 24.7 Å². The van der Waals surface area contributed by atoms with Gasteiger partial charge in [-0.2, -0.15) is 0 Å². The fraction of sp³-hybridized carbons (Fsp3) is 0.278. The number of urea groups is 1. The lowest BCUT2D eigenvalue weighted by molar-refractivity contribution is 0.236. The summed E-state index contributed by atoms with van der Waals surface area (Å²) in [6, 6.07) is 12.7. The molecule has 0 radical (unpaired) electrons. The molecule has 6 heteroatoms. The van der Waals surface area contributed by atoms with Crippen molar-refractivity contribution in [3.63, 3.8) is 0 Å². The Bertz CT molecular complexity index is 692. The van der Waals surface area contributed by atoms with Gasteiger partial charge in [0.25, 0.3) is 0 Å². The van der Waals surface area contributed by atoms with E-state index in [4.69, 9.17) is 21.1 Å². The van der Waals surface area contributed by atoms with Gasteiger partial charge in [-0.3, -0.25) is 0 Å². The molecule has 128 valence electrons. The predicted molar refractivity (Wildman–Crippen MR) is 94.9 cm³/mol. The fourth-order valence-corrected chi connectivity index (χ4v) is 2.41. The van der Waals surface area contributed by atoms with Crippen molar-refractivity contribution in [2.75, 3.05) is 20.3 Å². The first-order valence-electron chi connectivity index (χ1n) is 7.62. The van der Waals surface area contributed by atoms with Crippen LogP contribution in [-0.2, 0) is 6.54 Å². The maximum atomic E-state index is 11.8. The summed E-state index contributed by atoms with van der Waals surface area (Å²) in [4.78, 5) is 11.8. The molecule has 0 aromatic heterocycles. The Morgan fingerprint density at radius 1 is 1.12 bits per heavy atom. The zero-order valence-electron chi connectivity index (χ0n) is 13.8. The average molecular weight is 349 g/mol. The van der Waals surface area contributed by atoms with Crippen molar-refractivity contribution in [3.8, 4) is 11.5 Å². The molecule has 0 unspecified atom stereocenters. The van der Waals surface area contributed by atoms with Gasteiger partial charge in [-0.05, 0) is 36.8 Å². The molecule has 0 saturated heterocycles. The number of amides is 2. The third-order valence-electron chi connectivity index (χ3n) is 3.41. The van der Waals surface area contributed by atoms with Gasteiger partial charge in [0.15, 0.2) is 0 Å². The van der Waals surface area contributed by atoms with E-state index in [9.17, 15) is 4.79 Å². The van der Waals surface area contributed by atoms with Crippen LogP contribution < -0.4 is 20.1 Å². The molecule has 2 N–H and O–H groups in total. The Kier molecular flexibility index (Phi) is 6.75. The number of hydrogen-bond acceptors (Lipinski definition) is 3. The van der Waals surface area contributed by atoms with Gasteiger partial charge in [-0.25, -0.2) is 4.79 Å². The topological polar surface area (TPSA) is 59.6 Å². The second-order valence-corrected chi connectivity index (χ2v) is 5.62. The number of para-hydroxylation sites is 1. The van der Waals surface area contributed by atoms with Crippen LogP contribution in [0.5, 0.6) is 11.5 Å². The number of halogens is 1. The molecule has 0 heterocycles. The van der Waals surface area contributed by atoms with Crippen LogP contribution in [-0.4, -0.2) is 26.3 Å². The van der Waals surface area contributed by atoms with Crippen molar-refractivity contribution in [1.82, 2.24) is 10.6 Å². The van der Waals surface area contributed by atoms with E-state index in [1.165, 1.54) is 0 Å². The van der Waals surface area contributed by atoms with E-state index in [1.807, 2.05) is 43.3 Å². The van der Waals surface area contributed by atoms with Crippen molar-refractivity contribution >= 4 is 17.6 Å². The minimum absolute atomic E-state index is 0.252. The smallest absolute Gasteiger partial charge is 0.315 e. The molecular weight excluding hydrogens is 328 g/mol. The lowest BCUT2D eigenvalue weighted by atomic mass is 10.2. The van der Waals surface area contributed by atoms with E-state index in [1.54, 1.807) is 13.2 Å². The van der Waals surface area contributed by atoms with Crippen LogP contribution >= 0.6 is 11.6 Å². The van der Waals surface area contributed by atoms with Crippen LogP contribution in [0.15, 0.2) is 42.5 Å². The van der Waals surface area contributed by atoms with E-state index in [-0.39, 0.29) is 6.03 Å². The summed E-state index contributed by atoms with van der Waals surface area (Å²) in [7, 11) is 1.61. The van der Waals surface area contributed by atoms with Crippen molar-refractivity contribution in [3.05, 3.63) is 58.6 Å². The maximum absolute atomic E-state index is 11.8. The summed E-state index contributed by atoms with van der Waals surface area (Å²) in [6.07, 6.45) is 0. The normalized spacial score (nSPS) is 10.1. The molecule has 2 aromatic rings. The number of carbonyl (C=O) groups excluding carboxylic acids is 1. The third kappa shape index (κ3) is 5.35. The lowest BCUT2D eigenvalue weighted by Gasteiger charge is -2.12. The number of aryl methyl sites for hydroxylation is 1. The standard InChI is InChI=1S/C18H21ClN2O3/c1-13-11-15(19)7-8-16(13)24-10-9-20-18(22)21-12-14-5-3-4-6-17(14)23-2/h3-8,11H,9-10,12H2,1-2H3,(H2,20,21,22). The number of rotatable bonds is 7. The van der Waals surface area contributed by atoms with Crippen molar-refractivity contribution in [1.29, 1.82) is 0 Å². The second-order valence-electron chi connectivity index (χ2n) is 5.18. The third-order valence-corrected chi connectivity index (χ3v) is 3.65. The van der Waals surface area contributed by atoms with Crippen LogP contribution in [0, 0.1) is 6.92 Å². The summed E-state index contributed by atoms with van der Waals surface area (Å²) in [5.74, 6) is 1.51. The molecule has 0 bridgehead atoms. The molecule has 0 spiro atoms. The van der Waals surface area contributed by atoms with Crippen LogP contribution in [0.2, 0.25) is 5.02 Å². The summed E-state index contributed by atoms with van der Waals surface area (Å²) in [5.41, 5.74) is 1.88. The summed E-state index contributed by atoms with van der Waals surface area (Å²) < 4.78 is 10.9. The number of methoxy groups -OCH3 is 1. The largest absolute Gasteiger partial charge is 0.496 e. The second kappa shape index (κ2) is 9.03. The van der Waals surface area contributed by atoms with Gasteiger partial charge in [-0.1, -0.05) is 29.8 Å². The van der Waals surface area contributed by atoms with Crippen LogP contribution in [0.4, 0.5) is 4.79 Å². The SMILES string of the molecule is COc1ccccc1CNC(=O)NCCOc1ccc(Cl)cc1C. The predicted octanol–water partition coefficient (Wildman–Crippen LogP) is 3.54. The zero-order chi connectivity index (χ0) is 17.4. The van der Waals surface area contributed by atoms with Gasteiger partial charge in [0, 0.05) is 17.1 Å². The van der Waals surface area contributed by atoms with Crippen LogP contribution in [0.25, 0.3) is 0 Å². The molecule has 24 heavy (non-hydrogen) atoms. The number of ether oxygens (including phenoxy) is 2.